The minimum Gasteiger partial charge on any atom is -0.550 e. The maximum absolute atomic E-state index is 10.1. The van der Waals surface area contributed by atoms with Gasteiger partial charge >= 0.3 is 106 Å². The fourth-order valence-corrected chi connectivity index (χ4v) is 1.37. The second-order valence-corrected chi connectivity index (χ2v) is 4.83. The van der Waals surface area contributed by atoms with Gasteiger partial charge in [-0.2, -0.15) is 0 Å². The standard InChI is InChI=1S/2C6H8O7.Ca.Mg.Sr/c2*7-3(8)1-6(13,5(11)12)2-4(9)10;;;/h2*13H,1-2H2,(H,7,8)(H,9,10)(H,11,12);;;/q;;3*+2/p-6. The molecular formula is C12H10CaMgO14Sr. The molecule has 0 heterocycles. The summed E-state index contributed by atoms with van der Waals surface area (Å²) in [7, 11) is 0. The minimum atomic E-state index is -2.97. The molecule has 0 aliphatic carbocycles. The SMILES string of the molecule is O=C([O-])CC(O)(CC(=O)[O-])C(=O)[O-].O=C([O-])CC(O)(CC(=O)[O-])C(=O)[O-].[Ca+2].[Mg+2].[Sr+2]. The van der Waals surface area contributed by atoms with Crippen molar-refractivity contribution in [3.8, 4) is 0 Å². The molecule has 0 atom stereocenters. The number of rotatable bonds is 10. The molecule has 29 heavy (non-hydrogen) atoms. The van der Waals surface area contributed by atoms with Gasteiger partial charge in [-0.05, 0) is 0 Å². The van der Waals surface area contributed by atoms with Crippen LogP contribution >= 0.6 is 0 Å². The fraction of sp³-hybridized carbons (Fsp3) is 0.500. The number of aliphatic hydroxyl groups is 2. The Morgan fingerprint density at radius 2 is 0.690 bits per heavy atom. The molecule has 0 aliphatic rings. The van der Waals surface area contributed by atoms with E-state index in [-0.39, 0.29) is 106 Å². The molecule has 2 N–H and O–H groups in total. The first-order valence-electron chi connectivity index (χ1n) is 6.23. The van der Waals surface area contributed by atoms with Crippen molar-refractivity contribution in [1.82, 2.24) is 0 Å². The summed E-state index contributed by atoms with van der Waals surface area (Å²) in [5, 5.41) is 77.9. The Bertz CT molecular complexity index is 525. The number of hydrogen-bond acceptors (Lipinski definition) is 14. The van der Waals surface area contributed by atoms with Crippen LogP contribution in [0.5, 0.6) is 0 Å². The minimum absolute atomic E-state index is 0. The smallest absolute Gasteiger partial charge is 0.550 e. The van der Waals surface area contributed by atoms with Crippen molar-refractivity contribution in [3.63, 3.8) is 0 Å². The number of hydrogen-bond donors (Lipinski definition) is 2. The maximum atomic E-state index is 10.1. The molecule has 0 aromatic heterocycles. The number of carbonyl (C=O) groups excluding carboxylic acids is 6. The molecule has 0 spiro atoms. The van der Waals surface area contributed by atoms with Gasteiger partial charge in [0.2, 0.25) is 0 Å². The van der Waals surface area contributed by atoms with E-state index in [1.54, 1.807) is 0 Å². The molecule has 0 fully saturated rings. The Kier molecular flexibility index (Phi) is 24.5. The molecule has 17 heteroatoms. The van der Waals surface area contributed by atoms with E-state index < -0.39 is 72.7 Å². The maximum Gasteiger partial charge on any atom is 2.00 e. The molecule has 0 bridgehead atoms. The Morgan fingerprint density at radius 3 is 0.759 bits per heavy atom. The summed E-state index contributed by atoms with van der Waals surface area (Å²) in [6.45, 7) is 0. The van der Waals surface area contributed by atoms with E-state index in [0.717, 1.165) is 0 Å². The van der Waals surface area contributed by atoms with Gasteiger partial charge in [0.1, 0.15) is 11.2 Å². The van der Waals surface area contributed by atoms with E-state index in [2.05, 4.69) is 0 Å². The molecule has 0 radical (unpaired) electrons. The van der Waals surface area contributed by atoms with E-state index in [0.29, 0.717) is 0 Å². The van der Waals surface area contributed by atoms with Crippen LogP contribution in [-0.2, 0) is 28.8 Å². The monoisotopic (exact) mass is 530 g/mol. The average Bonchev–Trinajstić information content (AvgIpc) is 2.34. The molecule has 0 amide bonds. The van der Waals surface area contributed by atoms with E-state index in [4.69, 9.17) is 10.2 Å². The second-order valence-electron chi connectivity index (χ2n) is 4.83. The quantitative estimate of drug-likeness (QED) is 0.248. The topological polar surface area (TPSA) is 281 Å². The number of aliphatic carboxylic acids is 6. The summed E-state index contributed by atoms with van der Waals surface area (Å²) in [6, 6.07) is 0. The Balaban J connectivity index is -0.000000120. The predicted molar refractivity (Wildman–Crippen MR) is 75.7 cm³/mol. The molecule has 0 saturated carbocycles. The van der Waals surface area contributed by atoms with Crippen molar-refractivity contribution < 1.29 is 69.6 Å². The van der Waals surface area contributed by atoms with Gasteiger partial charge in [0.25, 0.3) is 0 Å². The largest absolute Gasteiger partial charge is 2.00 e. The van der Waals surface area contributed by atoms with Gasteiger partial charge < -0.3 is 69.6 Å². The van der Waals surface area contributed by atoms with Crippen molar-refractivity contribution in [3.05, 3.63) is 0 Å². The molecule has 0 aromatic rings. The summed E-state index contributed by atoms with van der Waals surface area (Å²) in [6.07, 6.45) is -5.43. The number of carbonyl (C=O) groups is 6. The zero-order chi connectivity index (χ0) is 21.3. The summed E-state index contributed by atoms with van der Waals surface area (Å²) in [5.74, 6) is -12.0. The van der Waals surface area contributed by atoms with Crippen LogP contribution in [0.25, 0.3) is 0 Å². The van der Waals surface area contributed by atoms with E-state index in [9.17, 15) is 59.4 Å². The molecular weight excluding hydrogens is 520 g/mol. The second kappa shape index (κ2) is 17.9. The van der Waals surface area contributed by atoms with Gasteiger partial charge in [-0.15, -0.1) is 0 Å². The third-order valence-electron chi connectivity index (χ3n) is 2.51. The normalized spacial score (nSPS) is 9.72. The third-order valence-corrected chi connectivity index (χ3v) is 2.51. The Morgan fingerprint density at radius 1 is 0.552 bits per heavy atom. The Labute approximate surface area is 245 Å². The van der Waals surface area contributed by atoms with Crippen molar-refractivity contribution >= 4 is 142 Å². The first-order chi connectivity index (χ1) is 11.6. The zero-order valence-corrected chi connectivity index (χ0v) is 21.8. The van der Waals surface area contributed by atoms with E-state index in [1.165, 1.54) is 0 Å². The van der Waals surface area contributed by atoms with Gasteiger partial charge in [0.05, 0.1) is 11.9 Å². The van der Waals surface area contributed by atoms with Crippen LogP contribution in [0.1, 0.15) is 25.7 Å². The van der Waals surface area contributed by atoms with Crippen LogP contribution in [-0.4, -0.2) is 164 Å². The summed E-state index contributed by atoms with van der Waals surface area (Å²) < 4.78 is 0. The van der Waals surface area contributed by atoms with Crippen LogP contribution in [0.3, 0.4) is 0 Å². The molecule has 0 aromatic carbocycles. The van der Waals surface area contributed by atoms with Crippen molar-refractivity contribution in [2.75, 3.05) is 0 Å². The molecule has 0 saturated heterocycles. The van der Waals surface area contributed by atoms with Crippen LogP contribution in [0.4, 0.5) is 0 Å². The molecule has 14 nitrogen and oxygen atoms in total. The molecule has 0 rings (SSSR count). The van der Waals surface area contributed by atoms with Gasteiger partial charge in [0, 0.05) is 49.6 Å². The summed E-state index contributed by atoms with van der Waals surface area (Å²) in [4.78, 5) is 60.0. The zero-order valence-electron chi connectivity index (χ0n) is 14.7. The summed E-state index contributed by atoms with van der Waals surface area (Å²) in [5.41, 5.74) is -5.95. The van der Waals surface area contributed by atoms with Gasteiger partial charge in [-0.1, -0.05) is 0 Å². The van der Waals surface area contributed by atoms with Gasteiger partial charge in [0.15, 0.2) is 0 Å². The van der Waals surface area contributed by atoms with Crippen LogP contribution in [0.2, 0.25) is 0 Å². The Hall–Kier alpha value is 0.246. The number of carboxylic acid groups (broad SMARTS) is 6. The first-order valence-corrected chi connectivity index (χ1v) is 6.23. The average molecular weight is 530 g/mol. The van der Waals surface area contributed by atoms with Crippen molar-refractivity contribution in [2.24, 2.45) is 0 Å². The molecule has 148 valence electrons. The van der Waals surface area contributed by atoms with E-state index in [1.807, 2.05) is 0 Å². The van der Waals surface area contributed by atoms with E-state index >= 15 is 0 Å². The molecule has 0 unspecified atom stereocenters. The van der Waals surface area contributed by atoms with Crippen LogP contribution in [0.15, 0.2) is 0 Å². The number of carboxylic acids is 6. The molecule has 0 aliphatic heterocycles. The van der Waals surface area contributed by atoms with Crippen LogP contribution < -0.4 is 30.6 Å². The predicted octanol–water partition coefficient (Wildman–Crippen LogP) is -11.6. The van der Waals surface area contributed by atoms with Gasteiger partial charge in [-0.25, -0.2) is 0 Å². The fourth-order valence-electron chi connectivity index (χ4n) is 1.37. The van der Waals surface area contributed by atoms with Crippen molar-refractivity contribution in [1.29, 1.82) is 0 Å². The first kappa shape index (κ1) is 39.7. The van der Waals surface area contributed by atoms with Crippen molar-refractivity contribution in [2.45, 2.75) is 36.9 Å². The summed E-state index contributed by atoms with van der Waals surface area (Å²) >= 11 is 0. The third kappa shape index (κ3) is 18.7. The van der Waals surface area contributed by atoms with Gasteiger partial charge in [-0.3, -0.25) is 0 Å². The van der Waals surface area contributed by atoms with Crippen LogP contribution in [0, 0.1) is 0 Å².